The molecule has 1 aliphatic carbocycles. The number of ether oxygens (including phenoxy) is 2. The van der Waals surface area contributed by atoms with Gasteiger partial charge in [0, 0.05) is 6.54 Å². The lowest BCUT2D eigenvalue weighted by molar-refractivity contribution is -0.135. The van der Waals surface area contributed by atoms with Crippen LogP contribution in [0.1, 0.15) is 76.8 Å². The molecule has 5 heteroatoms. The number of benzene rings is 1. The average Bonchev–Trinajstić information content (AvgIpc) is 3.04. The standard InChI is InChI=1S/C25H33NO4/c1-3-5-8-15-29-18-11-9-10-17(16-18)22-21-23(27)19-12-6-7-13-20(19)30-24(21)25(28)26(22)14-4-2/h9-11,16,19-20,22H,3-8,12-15H2,1-2H3. The van der Waals surface area contributed by atoms with Crippen LogP contribution in [-0.2, 0) is 14.3 Å². The van der Waals surface area contributed by atoms with E-state index in [4.69, 9.17) is 9.47 Å². The normalized spacial score (nSPS) is 25.8. The van der Waals surface area contributed by atoms with Crippen LogP contribution in [-0.4, -0.2) is 35.8 Å². The van der Waals surface area contributed by atoms with E-state index < -0.39 is 0 Å². The van der Waals surface area contributed by atoms with E-state index in [2.05, 4.69) is 13.8 Å². The summed E-state index contributed by atoms with van der Waals surface area (Å²) in [4.78, 5) is 28.5. The van der Waals surface area contributed by atoms with E-state index >= 15 is 0 Å². The fourth-order valence-electron chi connectivity index (χ4n) is 5.03. The van der Waals surface area contributed by atoms with Gasteiger partial charge in [0.05, 0.1) is 24.1 Å². The zero-order valence-electron chi connectivity index (χ0n) is 18.2. The molecule has 0 saturated heterocycles. The average molecular weight is 412 g/mol. The summed E-state index contributed by atoms with van der Waals surface area (Å²) >= 11 is 0. The highest BCUT2D eigenvalue weighted by atomic mass is 16.5. The maximum Gasteiger partial charge on any atom is 0.290 e. The van der Waals surface area contributed by atoms with Crippen LogP contribution in [0.25, 0.3) is 0 Å². The molecule has 0 bridgehead atoms. The summed E-state index contributed by atoms with van der Waals surface area (Å²) in [6, 6.07) is 7.51. The van der Waals surface area contributed by atoms with Crippen molar-refractivity contribution < 1.29 is 19.1 Å². The van der Waals surface area contributed by atoms with E-state index in [1.54, 1.807) is 0 Å². The molecule has 3 unspecified atom stereocenters. The van der Waals surface area contributed by atoms with Crippen LogP contribution in [0.15, 0.2) is 35.6 Å². The Balaban J connectivity index is 1.65. The predicted molar refractivity (Wildman–Crippen MR) is 115 cm³/mol. The van der Waals surface area contributed by atoms with Crippen molar-refractivity contribution in [3.63, 3.8) is 0 Å². The number of Topliss-reactive ketones (excluding diaryl/α,β-unsaturated/α-hetero) is 1. The number of hydrogen-bond donors (Lipinski definition) is 0. The Labute approximate surface area is 179 Å². The molecular formula is C25H33NO4. The fourth-order valence-corrected chi connectivity index (χ4v) is 5.03. The molecule has 3 aliphatic rings. The first kappa shape index (κ1) is 21.0. The smallest absolute Gasteiger partial charge is 0.290 e. The van der Waals surface area contributed by atoms with Crippen LogP contribution >= 0.6 is 0 Å². The van der Waals surface area contributed by atoms with E-state index in [0.717, 1.165) is 62.7 Å². The second-order valence-electron chi connectivity index (χ2n) is 8.68. The summed E-state index contributed by atoms with van der Waals surface area (Å²) in [6.07, 6.45) is 7.85. The van der Waals surface area contributed by atoms with Gasteiger partial charge in [0.15, 0.2) is 11.5 Å². The number of carbonyl (C=O) groups excluding carboxylic acids is 2. The van der Waals surface area contributed by atoms with Gasteiger partial charge in [-0.25, -0.2) is 0 Å². The second-order valence-corrected chi connectivity index (χ2v) is 8.68. The van der Waals surface area contributed by atoms with Crippen molar-refractivity contribution in [3.05, 3.63) is 41.2 Å². The lowest BCUT2D eigenvalue weighted by Gasteiger charge is -2.35. The topological polar surface area (TPSA) is 55.8 Å². The number of unbranched alkanes of at least 4 members (excludes halogenated alkanes) is 2. The van der Waals surface area contributed by atoms with Gasteiger partial charge in [0.2, 0.25) is 0 Å². The van der Waals surface area contributed by atoms with Crippen LogP contribution in [0.3, 0.4) is 0 Å². The number of ketones is 1. The first-order valence-corrected chi connectivity index (χ1v) is 11.6. The molecule has 0 aromatic heterocycles. The quantitative estimate of drug-likeness (QED) is 0.567. The van der Waals surface area contributed by atoms with E-state index in [1.807, 2.05) is 29.2 Å². The minimum atomic E-state index is -0.373. The first-order valence-electron chi connectivity index (χ1n) is 11.6. The minimum absolute atomic E-state index is 0.108. The van der Waals surface area contributed by atoms with Crippen molar-refractivity contribution in [3.8, 4) is 5.75 Å². The predicted octanol–water partition coefficient (Wildman–Crippen LogP) is 4.96. The molecule has 0 radical (unpaired) electrons. The van der Waals surface area contributed by atoms with Gasteiger partial charge in [-0.05, 0) is 49.8 Å². The lowest BCUT2D eigenvalue weighted by Crippen LogP contribution is -2.39. The van der Waals surface area contributed by atoms with Gasteiger partial charge >= 0.3 is 0 Å². The zero-order valence-corrected chi connectivity index (χ0v) is 18.2. The Hall–Kier alpha value is -2.30. The van der Waals surface area contributed by atoms with Crippen LogP contribution in [0, 0.1) is 5.92 Å². The van der Waals surface area contributed by atoms with Gasteiger partial charge in [0.1, 0.15) is 11.9 Å². The Morgan fingerprint density at radius 1 is 1.10 bits per heavy atom. The Kier molecular flexibility index (Phi) is 6.45. The molecule has 4 rings (SSSR count). The number of carbonyl (C=O) groups is 2. The molecule has 162 valence electrons. The van der Waals surface area contributed by atoms with Gasteiger partial charge in [-0.15, -0.1) is 0 Å². The SMILES string of the molecule is CCCCCOc1cccc(C2C3=C(OC4CCCCC4C3=O)C(=O)N2CCC)c1. The van der Waals surface area contributed by atoms with Crippen LogP contribution < -0.4 is 4.74 Å². The summed E-state index contributed by atoms with van der Waals surface area (Å²) in [7, 11) is 0. The van der Waals surface area contributed by atoms with Gasteiger partial charge in [-0.3, -0.25) is 9.59 Å². The molecule has 3 atom stereocenters. The summed E-state index contributed by atoms with van der Waals surface area (Å²) < 4.78 is 12.1. The minimum Gasteiger partial charge on any atom is -0.494 e. The molecule has 1 aromatic rings. The van der Waals surface area contributed by atoms with Crippen molar-refractivity contribution in [2.24, 2.45) is 5.92 Å². The third-order valence-corrected chi connectivity index (χ3v) is 6.51. The highest BCUT2D eigenvalue weighted by Gasteiger charge is 2.51. The number of nitrogens with zero attached hydrogens (tertiary/aromatic N) is 1. The summed E-state index contributed by atoms with van der Waals surface area (Å²) in [5.41, 5.74) is 1.50. The molecule has 2 heterocycles. The van der Waals surface area contributed by atoms with Crippen molar-refractivity contribution in [2.75, 3.05) is 13.2 Å². The molecular weight excluding hydrogens is 378 g/mol. The Morgan fingerprint density at radius 2 is 1.93 bits per heavy atom. The monoisotopic (exact) mass is 411 g/mol. The van der Waals surface area contributed by atoms with Gasteiger partial charge in [0.25, 0.3) is 5.91 Å². The largest absolute Gasteiger partial charge is 0.494 e. The second kappa shape index (κ2) is 9.23. The molecule has 1 amide bonds. The molecule has 1 saturated carbocycles. The van der Waals surface area contributed by atoms with Crippen LogP contribution in [0.4, 0.5) is 0 Å². The molecule has 1 aromatic carbocycles. The number of hydrogen-bond acceptors (Lipinski definition) is 4. The first-order chi connectivity index (χ1) is 14.7. The molecule has 0 spiro atoms. The van der Waals surface area contributed by atoms with E-state index in [1.165, 1.54) is 0 Å². The summed E-state index contributed by atoms with van der Waals surface area (Å²) in [5, 5.41) is 0. The number of fused-ring (bicyclic) bond motifs is 1. The summed E-state index contributed by atoms with van der Waals surface area (Å²) in [6.45, 7) is 5.51. The summed E-state index contributed by atoms with van der Waals surface area (Å²) in [5.74, 6) is 0.968. The highest BCUT2D eigenvalue weighted by molar-refractivity contribution is 6.11. The molecule has 2 aliphatic heterocycles. The molecule has 5 nitrogen and oxygen atoms in total. The van der Waals surface area contributed by atoms with Crippen molar-refractivity contribution in [1.29, 1.82) is 0 Å². The third-order valence-electron chi connectivity index (χ3n) is 6.51. The third kappa shape index (κ3) is 3.86. The maximum absolute atomic E-state index is 13.5. The number of rotatable bonds is 8. The van der Waals surface area contributed by atoms with E-state index in [0.29, 0.717) is 24.5 Å². The molecule has 30 heavy (non-hydrogen) atoms. The number of amides is 1. The van der Waals surface area contributed by atoms with Crippen molar-refractivity contribution in [1.82, 2.24) is 4.90 Å². The highest BCUT2D eigenvalue weighted by Crippen LogP contribution is 2.47. The van der Waals surface area contributed by atoms with Gasteiger partial charge in [-0.1, -0.05) is 45.2 Å². The zero-order chi connectivity index (χ0) is 21.1. The molecule has 1 fully saturated rings. The van der Waals surface area contributed by atoms with Crippen molar-refractivity contribution >= 4 is 11.7 Å². The fraction of sp³-hybridized carbons (Fsp3) is 0.600. The van der Waals surface area contributed by atoms with Gasteiger partial charge < -0.3 is 14.4 Å². The van der Waals surface area contributed by atoms with Crippen molar-refractivity contribution in [2.45, 2.75) is 77.4 Å². The lowest BCUT2D eigenvalue weighted by atomic mass is 9.77. The van der Waals surface area contributed by atoms with E-state index in [9.17, 15) is 9.59 Å². The Bertz CT molecular complexity index is 830. The van der Waals surface area contributed by atoms with Crippen LogP contribution in [0.5, 0.6) is 5.75 Å². The Morgan fingerprint density at radius 3 is 2.73 bits per heavy atom. The van der Waals surface area contributed by atoms with Gasteiger partial charge in [-0.2, -0.15) is 0 Å². The maximum atomic E-state index is 13.5. The van der Waals surface area contributed by atoms with E-state index in [-0.39, 0.29) is 29.8 Å². The van der Waals surface area contributed by atoms with Crippen LogP contribution in [0.2, 0.25) is 0 Å². The molecule has 0 N–H and O–H groups in total.